The van der Waals surface area contributed by atoms with Crippen LogP contribution in [-0.2, 0) is 16.0 Å². The van der Waals surface area contributed by atoms with Gasteiger partial charge in [0.25, 0.3) is 0 Å². The van der Waals surface area contributed by atoms with Gasteiger partial charge in [0, 0.05) is 18.8 Å². The van der Waals surface area contributed by atoms with Crippen molar-refractivity contribution in [2.24, 2.45) is 0 Å². The van der Waals surface area contributed by atoms with Gasteiger partial charge in [0.2, 0.25) is 5.91 Å². The minimum atomic E-state index is -0.495. The molecule has 0 radical (unpaired) electrons. The summed E-state index contributed by atoms with van der Waals surface area (Å²) in [6.07, 6.45) is 0.952. The first kappa shape index (κ1) is 14.9. The summed E-state index contributed by atoms with van der Waals surface area (Å²) in [5.41, 5.74) is 1.57. The van der Waals surface area contributed by atoms with E-state index in [-0.39, 0.29) is 18.0 Å². The molecule has 2 amide bonds. The van der Waals surface area contributed by atoms with Crippen LogP contribution in [0.2, 0.25) is 0 Å². The summed E-state index contributed by atoms with van der Waals surface area (Å²) < 4.78 is 5.41. The van der Waals surface area contributed by atoms with Gasteiger partial charge in [0.15, 0.2) is 0 Å². The summed E-state index contributed by atoms with van der Waals surface area (Å²) in [7, 11) is 0. The van der Waals surface area contributed by atoms with E-state index < -0.39 is 5.60 Å². The second-order valence-corrected chi connectivity index (χ2v) is 6.94. The van der Waals surface area contributed by atoms with Crippen molar-refractivity contribution in [3.8, 4) is 0 Å². The molecule has 1 aromatic rings. The van der Waals surface area contributed by atoms with Crippen molar-refractivity contribution in [2.45, 2.75) is 45.3 Å². The van der Waals surface area contributed by atoms with Crippen LogP contribution in [-0.4, -0.2) is 41.6 Å². The molecule has 0 aromatic heterocycles. The fourth-order valence-corrected chi connectivity index (χ4v) is 3.12. The van der Waals surface area contributed by atoms with Crippen LogP contribution in [0, 0.1) is 0 Å². The Kier molecular flexibility index (Phi) is 3.59. The minimum absolute atomic E-state index is 0.0451. The molecule has 22 heavy (non-hydrogen) atoms. The van der Waals surface area contributed by atoms with Crippen molar-refractivity contribution in [3.05, 3.63) is 29.8 Å². The van der Waals surface area contributed by atoms with E-state index in [0.29, 0.717) is 19.5 Å². The van der Waals surface area contributed by atoms with E-state index in [4.69, 9.17) is 4.74 Å². The van der Waals surface area contributed by atoms with E-state index >= 15 is 0 Å². The Hall–Kier alpha value is -2.04. The highest BCUT2D eigenvalue weighted by Gasteiger charge is 2.38. The van der Waals surface area contributed by atoms with Crippen LogP contribution in [0.1, 0.15) is 32.8 Å². The molecular formula is C17H22N2O3. The van der Waals surface area contributed by atoms with Crippen molar-refractivity contribution in [1.82, 2.24) is 4.90 Å². The fourth-order valence-electron chi connectivity index (χ4n) is 3.12. The molecule has 2 aliphatic heterocycles. The van der Waals surface area contributed by atoms with Gasteiger partial charge in [-0.2, -0.15) is 0 Å². The third kappa shape index (κ3) is 2.80. The molecule has 5 nitrogen and oxygen atoms in total. The number of hydrogen-bond acceptors (Lipinski definition) is 3. The lowest BCUT2D eigenvalue weighted by Gasteiger charge is -2.27. The monoisotopic (exact) mass is 302 g/mol. The maximum atomic E-state index is 12.3. The molecule has 0 spiro atoms. The molecule has 1 aromatic carbocycles. The number of rotatable bonds is 1. The van der Waals surface area contributed by atoms with Crippen LogP contribution >= 0.6 is 0 Å². The Labute approximate surface area is 130 Å². The largest absolute Gasteiger partial charge is 0.444 e. The molecule has 1 fully saturated rings. The molecule has 0 N–H and O–H groups in total. The van der Waals surface area contributed by atoms with Gasteiger partial charge < -0.3 is 14.5 Å². The number of ether oxygens (including phenoxy) is 1. The Morgan fingerprint density at radius 1 is 1.27 bits per heavy atom. The molecule has 118 valence electrons. The zero-order valence-electron chi connectivity index (χ0n) is 13.3. The lowest BCUT2D eigenvalue weighted by atomic mass is 10.1. The second kappa shape index (κ2) is 5.30. The van der Waals surface area contributed by atoms with E-state index in [0.717, 1.165) is 17.7 Å². The van der Waals surface area contributed by atoms with Crippen molar-refractivity contribution in [3.63, 3.8) is 0 Å². The number of benzene rings is 1. The maximum absolute atomic E-state index is 12.3. The van der Waals surface area contributed by atoms with Gasteiger partial charge >= 0.3 is 6.09 Å². The van der Waals surface area contributed by atoms with Gasteiger partial charge in [-0.25, -0.2) is 4.79 Å². The lowest BCUT2D eigenvalue weighted by Crippen LogP contribution is -2.42. The standard InChI is InChI=1S/C17H22N2O3/c1-17(2,3)22-16(21)18-9-8-13(11-18)19-14-7-5-4-6-12(14)10-15(19)20/h4-7,13H,8-11H2,1-3H3/t13-/m0/s1. The average molecular weight is 302 g/mol. The minimum Gasteiger partial charge on any atom is -0.444 e. The van der Waals surface area contributed by atoms with Gasteiger partial charge in [0.05, 0.1) is 12.5 Å². The number of likely N-dealkylation sites (tertiary alicyclic amines) is 1. The molecule has 3 rings (SSSR count). The third-order valence-electron chi connectivity index (χ3n) is 4.04. The highest BCUT2D eigenvalue weighted by Crippen LogP contribution is 2.33. The summed E-state index contributed by atoms with van der Waals surface area (Å²) in [5, 5.41) is 0. The zero-order valence-corrected chi connectivity index (χ0v) is 13.3. The number of anilines is 1. The number of carbonyl (C=O) groups is 2. The van der Waals surface area contributed by atoms with Crippen LogP contribution in [0.3, 0.4) is 0 Å². The molecule has 2 heterocycles. The predicted molar refractivity (Wildman–Crippen MR) is 83.8 cm³/mol. The van der Waals surface area contributed by atoms with Gasteiger partial charge in [-0.15, -0.1) is 0 Å². The van der Waals surface area contributed by atoms with E-state index in [1.807, 2.05) is 49.9 Å². The Bertz CT molecular complexity index is 606. The van der Waals surface area contributed by atoms with E-state index in [9.17, 15) is 9.59 Å². The average Bonchev–Trinajstić information content (AvgIpc) is 2.99. The molecule has 0 saturated carbocycles. The normalized spacial score (nSPS) is 21.2. The quantitative estimate of drug-likeness (QED) is 0.801. The van der Waals surface area contributed by atoms with Crippen molar-refractivity contribution in [1.29, 1.82) is 0 Å². The third-order valence-corrected chi connectivity index (χ3v) is 4.04. The van der Waals surface area contributed by atoms with Crippen LogP contribution < -0.4 is 4.90 Å². The van der Waals surface area contributed by atoms with Crippen LogP contribution in [0.15, 0.2) is 24.3 Å². The molecule has 0 bridgehead atoms. The van der Waals surface area contributed by atoms with Crippen molar-refractivity contribution in [2.75, 3.05) is 18.0 Å². The number of fused-ring (bicyclic) bond motifs is 1. The predicted octanol–water partition coefficient (Wildman–Crippen LogP) is 2.59. The molecule has 0 unspecified atom stereocenters. The van der Waals surface area contributed by atoms with Gasteiger partial charge in [-0.3, -0.25) is 4.79 Å². The molecule has 2 aliphatic rings. The first-order valence-electron chi connectivity index (χ1n) is 7.73. The number of carbonyl (C=O) groups excluding carboxylic acids is 2. The summed E-state index contributed by atoms with van der Waals surface area (Å²) in [6.45, 7) is 6.75. The molecule has 5 heteroatoms. The van der Waals surface area contributed by atoms with Gasteiger partial charge in [-0.1, -0.05) is 18.2 Å². The number of para-hydroxylation sites is 1. The zero-order chi connectivity index (χ0) is 15.9. The summed E-state index contributed by atoms with van der Waals surface area (Å²) in [5.74, 6) is 0.122. The van der Waals surface area contributed by atoms with Gasteiger partial charge in [-0.05, 0) is 38.8 Å². The van der Waals surface area contributed by atoms with Crippen LogP contribution in [0.25, 0.3) is 0 Å². The highest BCUT2D eigenvalue weighted by atomic mass is 16.6. The number of amides is 2. The number of hydrogen-bond donors (Lipinski definition) is 0. The highest BCUT2D eigenvalue weighted by molar-refractivity contribution is 6.02. The SMILES string of the molecule is CC(C)(C)OC(=O)N1CC[C@H](N2C(=O)Cc3ccccc32)C1. The van der Waals surface area contributed by atoms with E-state index in [1.165, 1.54) is 0 Å². The summed E-state index contributed by atoms with van der Waals surface area (Å²) in [4.78, 5) is 28.0. The topological polar surface area (TPSA) is 49.9 Å². The molecule has 1 atom stereocenters. The van der Waals surface area contributed by atoms with E-state index in [1.54, 1.807) is 4.90 Å². The van der Waals surface area contributed by atoms with Gasteiger partial charge in [0.1, 0.15) is 5.60 Å². The number of nitrogens with zero attached hydrogens (tertiary/aromatic N) is 2. The fraction of sp³-hybridized carbons (Fsp3) is 0.529. The van der Waals surface area contributed by atoms with Crippen LogP contribution in [0.4, 0.5) is 10.5 Å². The Morgan fingerprint density at radius 3 is 2.73 bits per heavy atom. The first-order chi connectivity index (χ1) is 10.3. The van der Waals surface area contributed by atoms with E-state index in [2.05, 4.69) is 0 Å². The lowest BCUT2D eigenvalue weighted by molar-refractivity contribution is -0.117. The molecular weight excluding hydrogens is 280 g/mol. The maximum Gasteiger partial charge on any atom is 0.410 e. The molecule has 1 saturated heterocycles. The van der Waals surface area contributed by atoms with Crippen LogP contribution in [0.5, 0.6) is 0 Å². The molecule has 0 aliphatic carbocycles. The summed E-state index contributed by atoms with van der Waals surface area (Å²) in [6, 6.07) is 7.93. The van der Waals surface area contributed by atoms with Crippen molar-refractivity contribution < 1.29 is 14.3 Å². The smallest absolute Gasteiger partial charge is 0.410 e. The second-order valence-electron chi connectivity index (χ2n) is 6.94. The summed E-state index contributed by atoms with van der Waals surface area (Å²) >= 11 is 0. The van der Waals surface area contributed by atoms with Crippen molar-refractivity contribution >= 4 is 17.7 Å². The Balaban J connectivity index is 1.71. The first-order valence-corrected chi connectivity index (χ1v) is 7.73. The Morgan fingerprint density at radius 2 is 2.00 bits per heavy atom.